The lowest BCUT2D eigenvalue weighted by Gasteiger charge is -1.77. The van der Waals surface area contributed by atoms with Crippen molar-refractivity contribution in [1.82, 2.24) is 0 Å². The highest BCUT2D eigenvalue weighted by Gasteiger charge is 1.55. The van der Waals surface area contributed by atoms with Crippen molar-refractivity contribution < 1.29 is 4.43 Å². The third-order valence-corrected chi connectivity index (χ3v) is 1.15. The zero-order chi connectivity index (χ0) is 6.83. The van der Waals surface area contributed by atoms with Gasteiger partial charge in [-0.15, -0.1) is 0 Å². The van der Waals surface area contributed by atoms with E-state index in [0.29, 0.717) is 0 Å². The fourth-order valence-electron chi connectivity index (χ4n) is 0. The molecule has 0 amide bonds. The molecule has 2 nitrogen and oxygen atoms in total. The standard InChI is InChI=1S/C3H9N.C2H8OSi/c2*1-2-3-4/h2-4H2,1H3;2H2,1,4H3. The van der Waals surface area contributed by atoms with Crippen molar-refractivity contribution in [2.75, 3.05) is 13.2 Å². The quantitative estimate of drug-likeness (QED) is 0.526. The first-order valence-corrected chi connectivity index (χ1v) is 3.84. The van der Waals surface area contributed by atoms with Gasteiger partial charge in [0.2, 0.25) is 0 Å². The number of rotatable bonds is 2. The van der Waals surface area contributed by atoms with Gasteiger partial charge in [-0.3, -0.25) is 0 Å². The monoisotopic (exact) mass is 135 g/mol. The molecule has 0 rings (SSSR count). The number of hydrogen-bond acceptors (Lipinski definition) is 2. The van der Waals surface area contributed by atoms with Gasteiger partial charge in [0, 0.05) is 6.61 Å². The van der Waals surface area contributed by atoms with Crippen LogP contribution >= 0.6 is 0 Å². The van der Waals surface area contributed by atoms with Gasteiger partial charge in [0.25, 0.3) is 0 Å². The van der Waals surface area contributed by atoms with Crippen LogP contribution in [0.3, 0.4) is 0 Å². The van der Waals surface area contributed by atoms with E-state index in [4.69, 9.17) is 5.73 Å². The van der Waals surface area contributed by atoms with Crippen molar-refractivity contribution in [3.05, 3.63) is 0 Å². The first kappa shape index (κ1) is 11.0. The Hall–Kier alpha value is 0.137. The molecule has 0 aliphatic carbocycles. The summed E-state index contributed by atoms with van der Waals surface area (Å²) in [6, 6.07) is 0. The van der Waals surface area contributed by atoms with Crippen molar-refractivity contribution in [2.24, 2.45) is 5.73 Å². The lowest BCUT2D eigenvalue weighted by molar-refractivity contribution is 0.375. The average Bonchev–Trinajstić information content (AvgIpc) is 1.88. The third-order valence-electron chi connectivity index (χ3n) is 0.577. The SMILES string of the molecule is CCCN.CCO[SiH3]. The van der Waals surface area contributed by atoms with Gasteiger partial charge < -0.3 is 10.2 Å². The summed E-state index contributed by atoms with van der Waals surface area (Å²) in [5.74, 6) is 0. The van der Waals surface area contributed by atoms with Gasteiger partial charge in [-0.25, -0.2) is 0 Å². The van der Waals surface area contributed by atoms with Crippen molar-refractivity contribution in [1.29, 1.82) is 0 Å². The van der Waals surface area contributed by atoms with Gasteiger partial charge in [0.05, 0.1) is 0 Å². The van der Waals surface area contributed by atoms with Crippen LogP contribution in [-0.4, -0.2) is 23.6 Å². The molecule has 0 saturated heterocycles. The second kappa shape index (κ2) is 15.7. The number of hydrogen-bond donors (Lipinski definition) is 1. The molecule has 0 aromatic carbocycles. The van der Waals surface area contributed by atoms with E-state index in [1.807, 2.05) is 6.92 Å². The second-order valence-corrected chi connectivity index (χ2v) is 1.94. The van der Waals surface area contributed by atoms with Crippen molar-refractivity contribution in [3.63, 3.8) is 0 Å². The first-order chi connectivity index (χ1) is 3.83. The fourth-order valence-corrected chi connectivity index (χ4v) is 0. The summed E-state index contributed by atoms with van der Waals surface area (Å²) >= 11 is 0. The van der Waals surface area contributed by atoms with Crippen LogP contribution in [0.1, 0.15) is 20.3 Å². The molecule has 0 aromatic heterocycles. The Morgan fingerprint density at radius 1 is 1.50 bits per heavy atom. The highest BCUT2D eigenvalue weighted by molar-refractivity contribution is 5.97. The Morgan fingerprint density at radius 2 is 1.75 bits per heavy atom. The van der Waals surface area contributed by atoms with E-state index in [1.54, 1.807) is 0 Å². The average molecular weight is 135 g/mol. The summed E-state index contributed by atoms with van der Waals surface area (Å²) in [5, 5.41) is 0. The maximum atomic E-state index is 5.03. The molecule has 0 aliphatic rings. The minimum Gasteiger partial charge on any atom is -0.428 e. The fraction of sp³-hybridized carbons (Fsp3) is 1.00. The molecule has 0 heterocycles. The maximum absolute atomic E-state index is 5.03. The molecule has 8 heavy (non-hydrogen) atoms. The first-order valence-electron chi connectivity index (χ1n) is 3.02. The predicted molar refractivity (Wildman–Crippen MR) is 40.9 cm³/mol. The van der Waals surface area contributed by atoms with E-state index in [0.717, 1.165) is 30.1 Å². The minimum atomic E-state index is 0.819. The second-order valence-electron chi connectivity index (χ2n) is 1.37. The molecule has 52 valence electrons. The molecular formula is C5H17NOSi. The van der Waals surface area contributed by atoms with Gasteiger partial charge in [-0.1, -0.05) is 6.92 Å². The summed E-state index contributed by atoms with van der Waals surface area (Å²) in [4.78, 5) is 0. The topological polar surface area (TPSA) is 35.2 Å². The summed E-state index contributed by atoms with van der Waals surface area (Å²) in [5.41, 5.74) is 5.03. The Morgan fingerprint density at radius 3 is 1.75 bits per heavy atom. The van der Waals surface area contributed by atoms with Gasteiger partial charge in [0.15, 0.2) is 0 Å². The molecule has 0 fully saturated rings. The molecule has 0 atom stereocenters. The lowest BCUT2D eigenvalue weighted by Crippen LogP contribution is -1.93. The summed E-state index contributed by atoms with van der Waals surface area (Å²) in [7, 11) is 0.890. The van der Waals surface area contributed by atoms with Crippen LogP contribution in [0.25, 0.3) is 0 Å². The minimum absolute atomic E-state index is 0.819. The van der Waals surface area contributed by atoms with Crippen molar-refractivity contribution in [2.45, 2.75) is 20.3 Å². The molecule has 2 N–H and O–H groups in total. The van der Waals surface area contributed by atoms with Crippen LogP contribution in [0.2, 0.25) is 0 Å². The summed E-state index contributed by atoms with van der Waals surface area (Å²) in [6.45, 7) is 5.75. The maximum Gasteiger partial charge on any atom is 0.145 e. The molecule has 0 unspecified atom stereocenters. The molecule has 0 spiro atoms. The Bertz CT molecular complexity index is 20.4. The normalized spacial score (nSPS) is 7.88. The lowest BCUT2D eigenvalue weighted by atomic mass is 10.5. The van der Waals surface area contributed by atoms with Crippen LogP contribution in [0.15, 0.2) is 0 Å². The summed E-state index contributed by atoms with van der Waals surface area (Å²) in [6.07, 6.45) is 1.10. The van der Waals surface area contributed by atoms with Crippen molar-refractivity contribution in [3.8, 4) is 0 Å². The molecule has 0 saturated carbocycles. The van der Waals surface area contributed by atoms with Crippen LogP contribution in [-0.2, 0) is 4.43 Å². The zero-order valence-electron chi connectivity index (χ0n) is 6.11. The molecule has 0 bridgehead atoms. The van der Waals surface area contributed by atoms with Gasteiger partial charge >= 0.3 is 0 Å². The highest BCUT2D eigenvalue weighted by atomic mass is 28.2. The predicted octanol–water partition coefficient (Wildman–Crippen LogP) is -0.342. The van der Waals surface area contributed by atoms with Crippen LogP contribution in [0, 0.1) is 0 Å². The zero-order valence-corrected chi connectivity index (χ0v) is 8.11. The van der Waals surface area contributed by atoms with Crippen molar-refractivity contribution >= 4 is 10.5 Å². The van der Waals surface area contributed by atoms with Crippen LogP contribution < -0.4 is 5.73 Å². The van der Waals surface area contributed by atoms with E-state index in [9.17, 15) is 0 Å². The van der Waals surface area contributed by atoms with Crippen LogP contribution in [0.4, 0.5) is 0 Å². The summed E-state index contributed by atoms with van der Waals surface area (Å²) < 4.78 is 4.68. The van der Waals surface area contributed by atoms with E-state index in [2.05, 4.69) is 11.3 Å². The van der Waals surface area contributed by atoms with E-state index in [-0.39, 0.29) is 0 Å². The Balaban J connectivity index is 0. The smallest absolute Gasteiger partial charge is 0.145 e. The van der Waals surface area contributed by atoms with Gasteiger partial charge in [-0.2, -0.15) is 0 Å². The van der Waals surface area contributed by atoms with Gasteiger partial charge in [0.1, 0.15) is 10.5 Å². The van der Waals surface area contributed by atoms with Gasteiger partial charge in [-0.05, 0) is 19.9 Å². The van der Waals surface area contributed by atoms with E-state index in [1.165, 1.54) is 0 Å². The Kier molecular flexibility index (Phi) is 21.6. The van der Waals surface area contributed by atoms with E-state index >= 15 is 0 Å². The molecule has 0 radical (unpaired) electrons. The van der Waals surface area contributed by atoms with E-state index < -0.39 is 0 Å². The third kappa shape index (κ3) is 35.5. The van der Waals surface area contributed by atoms with Crippen LogP contribution in [0.5, 0.6) is 0 Å². The molecule has 0 aromatic rings. The largest absolute Gasteiger partial charge is 0.428 e. The Labute approximate surface area is 55.0 Å². The number of nitrogens with two attached hydrogens (primary N) is 1. The highest BCUT2D eigenvalue weighted by Crippen LogP contribution is 1.57. The molecule has 0 aliphatic heterocycles. The molecule has 3 heteroatoms. The molecular weight excluding hydrogens is 118 g/mol.